The van der Waals surface area contributed by atoms with E-state index in [9.17, 15) is 0 Å². The van der Waals surface area contributed by atoms with E-state index in [1.807, 2.05) is 17.4 Å². The summed E-state index contributed by atoms with van der Waals surface area (Å²) in [6, 6.07) is 46.2. The van der Waals surface area contributed by atoms with Gasteiger partial charge in [-0.1, -0.05) is 128 Å². The van der Waals surface area contributed by atoms with Gasteiger partial charge in [0.1, 0.15) is 0 Å². The zero-order chi connectivity index (χ0) is 34.1. The monoisotopic (exact) mass is 658 g/mol. The SMILES string of the molecule is C=Cc1sc2cc(-c3cc(C(/C=C\C)=C/C)cc(-c4cccc5c4C4(c6ccccc6-c6ccccc64)c4ccccc4-5)c3)cc(C)c2c1C. The van der Waals surface area contributed by atoms with Crippen molar-refractivity contribution < 1.29 is 0 Å². The fourth-order valence-corrected chi connectivity index (χ4v) is 10.2. The van der Waals surface area contributed by atoms with Crippen molar-refractivity contribution in [2.24, 2.45) is 0 Å². The zero-order valence-corrected chi connectivity index (χ0v) is 29.8. The van der Waals surface area contributed by atoms with Crippen LogP contribution < -0.4 is 0 Å². The molecular formula is C49H38S. The first-order chi connectivity index (χ1) is 24.5. The molecule has 0 radical (unpaired) electrons. The molecule has 7 aromatic rings. The van der Waals surface area contributed by atoms with Crippen molar-refractivity contribution in [1.29, 1.82) is 0 Å². The van der Waals surface area contributed by atoms with Gasteiger partial charge in [0.25, 0.3) is 0 Å². The minimum absolute atomic E-state index is 0.413. The summed E-state index contributed by atoms with van der Waals surface area (Å²) in [7, 11) is 0. The van der Waals surface area contributed by atoms with Crippen LogP contribution in [0.5, 0.6) is 0 Å². The largest absolute Gasteiger partial charge is 0.136 e. The normalized spacial score (nSPS) is 13.9. The van der Waals surface area contributed by atoms with Crippen LogP contribution in [0.2, 0.25) is 0 Å². The first-order valence-corrected chi connectivity index (χ1v) is 18.3. The van der Waals surface area contributed by atoms with Crippen LogP contribution in [0.3, 0.4) is 0 Å². The number of allylic oxidation sites excluding steroid dienone is 4. The minimum atomic E-state index is -0.413. The fourth-order valence-electron chi connectivity index (χ4n) is 9.05. The molecule has 0 unspecified atom stereocenters. The van der Waals surface area contributed by atoms with Crippen molar-refractivity contribution >= 4 is 33.1 Å². The number of rotatable bonds is 5. The van der Waals surface area contributed by atoms with Gasteiger partial charge in [0.15, 0.2) is 0 Å². The number of hydrogen-bond donors (Lipinski definition) is 0. The van der Waals surface area contributed by atoms with Crippen LogP contribution in [-0.4, -0.2) is 0 Å². The molecule has 0 bridgehead atoms. The Kier molecular flexibility index (Phi) is 7.05. The molecule has 1 heteroatoms. The molecule has 0 fully saturated rings. The molecule has 240 valence electrons. The van der Waals surface area contributed by atoms with Crippen molar-refractivity contribution in [3.63, 3.8) is 0 Å². The fraction of sp³-hybridized carbons (Fsp3) is 0.102. The van der Waals surface area contributed by atoms with Crippen molar-refractivity contribution in [2.75, 3.05) is 0 Å². The Hall–Kier alpha value is -5.50. The summed E-state index contributed by atoms with van der Waals surface area (Å²) in [4.78, 5) is 1.25. The molecular weight excluding hydrogens is 621 g/mol. The molecule has 1 heterocycles. The Morgan fingerprint density at radius 3 is 1.80 bits per heavy atom. The van der Waals surface area contributed by atoms with Crippen molar-refractivity contribution in [3.8, 4) is 44.5 Å². The Labute approximate surface area is 299 Å². The van der Waals surface area contributed by atoms with E-state index in [0.29, 0.717) is 0 Å². The molecule has 2 aliphatic carbocycles. The molecule has 0 amide bonds. The van der Waals surface area contributed by atoms with E-state index in [2.05, 4.69) is 174 Å². The lowest BCUT2D eigenvalue weighted by atomic mass is 9.68. The number of thiophene rings is 1. The molecule has 2 aliphatic rings. The Morgan fingerprint density at radius 2 is 1.18 bits per heavy atom. The summed E-state index contributed by atoms with van der Waals surface area (Å²) in [6.45, 7) is 12.8. The third kappa shape index (κ3) is 4.17. The first-order valence-electron chi connectivity index (χ1n) is 17.5. The van der Waals surface area contributed by atoms with Crippen LogP contribution in [-0.2, 0) is 5.41 Å². The van der Waals surface area contributed by atoms with Crippen molar-refractivity contribution in [1.82, 2.24) is 0 Å². The molecule has 1 spiro atoms. The van der Waals surface area contributed by atoms with Gasteiger partial charge >= 0.3 is 0 Å². The van der Waals surface area contributed by atoms with Gasteiger partial charge in [-0.2, -0.15) is 0 Å². The van der Waals surface area contributed by atoms with Gasteiger partial charge in [-0.15, -0.1) is 11.3 Å². The third-order valence-electron chi connectivity index (χ3n) is 11.0. The number of hydrogen-bond acceptors (Lipinski definition) is 1. The minimum Gasteiger partial charge on any atom is -0.136 e. The summed E-state index contributed by atoms with van der Waals surface area (Å²) in [5.41, 5.74) is 20.4. The molecule has 6 aromatic carbocycles. The molecule has 9 rings (SSSR count). The molecule has 50 heavy (non-hydrogen) atoms. The maximum atomic E-state index is 4.10. The first kappa shape index (κ1) is 30.6. The summed E-state index contributed by atoms with van der Waals surface area (Å²) in [5, 5.41) is 1.35. The van der Waals surface area contributed by atoms with E-state index < -0.39 is 5.41 Å². The Bertz CT molecular complexity index is 2540. The van der Waals surface area contributed by atoms with Crippen LogP contribution in [0, 0.1) is 13.8 Å². The van der Waals surface area contributed by atoms with Gasteiger partial charge in [-0.25, -0.2) is 0 Å². The standard InChI is InChI=1S/C49H38S/c1-6-16-32(7-2)34-26-35(33-25-30(4)47-31(5)45(8-3)50-46(47)29-33)28-36(27-34)37-20-15-21-41-40-19-11-14-24-44(40)49(48(37)41)42-22-12-9-17-38(42)39-18-10-13-23-43(39)49/h6-29H,3H2,1-2,4-5H3/b16-6-,32-7+. The lowest BCUT2D eigenvalue weighted by Gasteiger charge is -2.32. The van der Waals surface area contributed by atoms with Gasteiger partial charge in [0.2, 0.25) is 0 Å². The average Bonchev–Trinajstić information content (AvgIpc) is 3.76. The highest BCUT2D eigenvalue weighted by Crippen LogP contribution is 2.64. The molecule has 0 aliphatic heterocycles. The van der Waals surface area contributed by atoms with Gasteiger partial charge in [-0.05, 0) is 146 Å². The van der Waals surface area contributed by atoms with Crippen molar-refractivity contribution in [2.45, 2.75) is 33.1 Å². The van der Waals surface area contributed by atoms with Gasteiger partial charge < -0.3 is 0 Å². The molecule has 1 aromatic heterocycles. The number of fused-ring (bicyclic) bond motifs is 11. The second-order valence-electron chi connectivity index (χ2n) is 13.6. The summed E-state index contributed by atoms with van der Waals surface area (Å²) in [6.07, 6.45) is 8.59. The molecule has 0 atom stereocenters. The van der Waals surface area contributed by atoms with Crippen molar-refractivity contribution in [3.05, 3.63) is 190 Å². The number of benzene rings is 6. The third-order valence-corrected chi connectivity index (χ3v) is 12.3. The highest BCUT2D eigenvalue weighted by atomic mass is 32.1. The second kappa shape index (κ2) is 11.5. The maximum Gasteiger partial charge on any atom is 0.0731 e. The van der Waals surface area contributed by atoms with Crippen LogP contribution in [0.15, 0.2) is 146 Å². The highest BCUT2D eigenvalue weighted by Gasteiger charge is 2.52. The maximum absolute atomic E-state index is 4.10. The second-order valence-corrected chi connectivity index (χ2v) is 14.7. The quantitative estimate of drug-likeness (QED) is 0.161. The van der Waals surface area contributed by atoms with Gasteiger partial charge in [-0.3, -0.25) is 0 Å². The predicted octanol–water partition coefficient (Wildman–Crippen LogP) is 13.8. The van der Waals surface area contributed by atoms with Gasteiger partial charge in [0, 0.05) is 9.58 Å². The number of aryl methyl sites for hydroxylation is 2. The lowest BCUT2D eigenvalue weighted by molar-refractivity contribution is 0.796. The Balaban J connectivity index is 1.37. The molecule has 0 N–H and O–H groups in total. The Morgan fingerprint density at radius 1 is 0.620 bits per heavy atom. The van der Waals surface area contributed by atoms with E-state index in [-0.39, 0.29) is 0 Å². The zero-order valence-electron chi connectivity index (χ0n) is 29.0. The van der Waals surface area contributed by atoms with Crippen LogP contribution in [0.25, 0.3) is 66.2 Å². The van der Waals surface area contributed by atoms with E-state index in [0.717, 1.165) is 0 Å². The topological polar surface area (TPSA) is 0 Å². The van der Waals surface area contributed by atoms with E-state index >= 15 is 0 Å². The lowest BCUT2D eigenvalue weighted by Crippen LogP contribution is -2.26. The van der Waals surface area contributed by atoms with E-state index in [1.54, 1.807) is 0 Å². The smallest absolute Gasteiger partial charge is 0.0731 e. The molecule has 0 saturated carbocycles. The van der Waals surface area contributed by atoms with E-state index in [4.69, 9.17) is 0 Å². The summed E-state index contributed by atoms with van der Waals surface area (Å²) >= 11 is 1.84. The highest BCUT2D eigenvalue weighted by molar-refractivity contribution is 7.20. The van der Waals surface area contributed by atoms with Crippen LogP contribution >= 0.6 is 11.3 Å². The van der Waals surface area contributed by atoms with Crippen LogP contribution in [0.1, 0.15) is 57.7 Å². The predicted molar refractivity (Wildman–Crippen MR) is 217 cm³/mol. The van der Waals surface area contributed by atoms with E-state index in [1.165, 1.54) is 104 Å². The van der Waals surface area contributed by atoms with Crippen LogP contribution in [0.4, 0.5) is 0 Å². The van der Waals surface area contributed by atoms with Gasteiger partial charge in [0.05, 0.1) is 5.41 Å². The summed E-state index contributed by atoms with van der Waals surface area (Å²) in [5.74, 6) is 0. The molecule has 0 saturated heterocycles. The molecule has 0 nitrogen and oxygen atoms in total. The average molecular weight is 659 g/mol. The summed E-state index contributed by atoms with van der Waals surface area (Å²) < 4.78 is 1.31.